The van der Waals surface area contributed by atoms with Crippen LogP contribution in [0.5, 0.6) is 0 Å². The fourth-order valence-electron chi connectivity index (χ4n) is 1.78. The molecule has 0 saturated heterocycles. The van der Waals surface area contributed by atoms with Crippen molar-refractivity contribution in [3.63, 3.8) is 0 Å². The van der Waals surface area contributed by atoms with Crippen LogP contribution < -0.4 is 5.32 Å². The number of aryl methyl sites for hydroxylation is 1. The highest BCUT2D eigenvalue weighted by atomic mass is 32.2. The van der Waals surface area contributed by atoms with Gasteiger partial charge in [-0.25, -0.2) is 4.98 Å². The molecule has 19 heavy (non-hydrogen) atoms. The number of rotatable bonds is 5. The number of aromatic nitrogens is 1. The molecule has 2 nitrogen and oxygen atoms in total. The molecular formula is C16H20N2S. The van der Waals surface area contributed by atoms with Crippen LogP contribution in [0.15, 0.2) is 52.5 Å². The Morgan fingerprint density at radius 1 is 1.21 bits per heavy atom. The van der Waals surface area contributed by atoms with Gasteiger partial charge in [0.05, 0.1) is 0 Å². The minimum absolute atomic E-state index is 0.517. The summed E-state index contributed by atoms with van der Waals surface area (Å²) in [6.45, 7) is 7.41. The summed E-state index contributed by atoms with van der Waals surface area (Å²) in [6, 6.07) is 13.1. The Kier molecular flexibility index (Phi) is 5.00. The molecule has 0 bridgehead atoms. The minimum atomic E-state index is 0.517. The molecule has 2 rings (SSSR count). The standard InChI is InChI=1S/C16H20N2S/c1-12(2)18-11-14-7-8-15(13(3)10-14)19-16-6-4-5-9-17-16/h4-10,12,18H,11H2,1-3H3. The zero-order valence-electron chi connectivity index (χ0n) is 11.7. The molecule has 2 aromatic rings. The number of nitrogens with one attached hydrogen (secondary N) is 1. The van der Waals surface area contributed by atoms with E-state index < -0.39 is 0 Å². The first-order valence-electron chi connectivity index (χ1n) is 6.57. The predicted molar refractivity (Wildman–Crippen MR) is 81.5 cm³/mol. The van der Waals surface area contributed by atoms with E-state index in [0.29, 0.717) is 6.04 Å². The molecule has 0 fully saturated rings. The van der Waals surface area contributed by atoms with Crippen molar-refractivity contribution in [2.75, 3.05) is 0 Å². The second-order valence-corrected chi connectivity index (χ2v) is 5.97. The lowest BCUT2D eigenvalue weighted by molar-refractivity contribution is 0.588. The number of hydrogen-bond acceptors (Lipinski definition) is 3. The van der Waals surface area contributed by atoms with Crippen LogP contribution >= 0.6 is 11.8 Å². The zero-order valence-corrected chi connectivity index (χ0v) is 12.5. The van der Waals surface area contributed by atoms with E-state index >= 15 is 0 Å². The molecule has 0 radical (unpaired) electrons. The van der Waals surface area contributed by atoms with Crippen molar-refractivity contribution < 1.29 is 0 Å². The van der Waals surface area contributed by atoms with Gasteiger partial charge in [0.1, 0.15) is 5.03 Å². The third-order valence-electron chi connectivity index (χ3n) is 2.81. The Balaban J connectivity index is 2.07. The second-order valence-electron chi connectivity index (χ2n) is 4.91. The molecule has 0 spiro atoms. The molecule has 0 aliphatic rings. The fourth-order valence-corrected chi connectivity index (χ4v) is 2.62. The van der Waals surface area contributed by atoms with Crippen LogP contribution in [0.2, 0.25) is 0 Å². The quantitative estimate of drug-likeness (QED) is 0.889. The monoisotopic (exact) mass is 272 g/mol. The van der Waals surface area contributed by atoms with Gasteiger partial charge in [-0.05, 0) is 36.2 Å². The van der Waals surface area contributed by atoms with E-state index in [2.05, 4.69) is 49.3 Å². The van der Waals surface area contributed by atoms with Crippen LogP contribution in [-0.4, -0.2) is 11.0 Å². The summed E-state index contributed by atoms with van der Waals surface area (Å²) in [4.78, 5) is 5.62. The largest absolute Gasteiger partial charge is 0.310 e. The van der Waals surface area contributed by atoms with E-state index in [1.165, 1.54) is 16.0 Å². The van der Waals surface area contributed by atoms with Gasteiger partial charge in [0.15, 0.2) is 0 Å². The average Bonchev–Trinajstić information content (AvgIpc) is 2.40. The van der Waals surface area contributed by atoms with Crippen molar-refractivity contribution in [2.24, 2.45) is 0 Å². The van der Waals surface area contributed by atoms with Gasteiger partial charge in [0.2, 0.25) is 0 Å². The summed E-state index contributed by atoms with van der Waals surface area (Å²) in [5.41, 5.74) is 2.63. The molecule has 0 unspecified atom stereocenters. The van der Waals surface area contributed by atoms with E-state index in [-0.39, 0.29) is 0 Å². The number of nitrogens with zero attached hydrogens (tertiary/aromatic N) is 1. The molecule has 0 amide bonds. The smallest absolute Gasteiger partial charge is 0.101 e. The lowest BCUT2D eigenvalue weighted by atomic mass is 10.1. The molecule has 0 aliphatic heterocycles. The maximum absolute atomic E-state index is 4.35. The van der Waals surface area contributed by atoms with Crippen LogP contribution in [0, 0.1) is 6.92 Å². The van der Waals surface area contributed by atoms with Crippen molar-refractivity contribution in [2.45, 2.75) is 43.3 Å². The maximum atomic E-state index is 4.35. The van der Waals surface area contributed by atoms with Gasteiger partial charge in [0, 0.05) is 23.7 Å². The first-order chi connectivity index (χ1) is 9.15. The van der Waals surface area contributed by atoms with Gasteiger partial charge < -0.3 is 5.32 Å². The minimum Gasteiger partial charge on any atom is -0.310 e. The molecule has 0 aliphatic carbocycles. The van der Waals surface area contributed by atoms with E-state index in [1.54, 1.807) is 11.8 Å². The van der Waals surface area contributed by atoms with Crippen LogP contribution in [-0.2, 0) is 6.54 Å². The highest BCUT2D eigenvalue weighted by Gasteiger charge is 2.03. The van der Waals surface area contributed by atoms with Gasteiger partial charge >= 0.3 is 0 Å². The summed E-state index contributed by atoms with van der Waals surface area (Å²) in [7, 11) is 0. The number of hydrogen-bond donors (Lipinski definition) is 1. The highest BCUT2D eigenvalue weighted by molar-refractivity contribution is 7.99. The Morgan fingerprint density at radius 3 is 2.68 bits per heavy atom. The first kappa shape index (κ1) is 14.1. The van der Waals surface area contributed by atoms with Crippen molar-refractivity contribution in [3.05, 3.63) is 53.7 Å². The molecule has 0 atom stereocenters. The Morgan fingerprint density at radius 2 is 2.05 bits per heavy atom. The predicted octanol–water partition coefficient (Wildman–Crippen LogP) is 4.04. The molecule has 1 heterocycles. The van der Waals surface area contributed by atoms with Gasteiger partial charge in [-0.3, -0.25) is 0 Å². The summed E-state index contributed by atoms with van der Waals surface area (Å²) < 4.78 is 0. The van der Waals surface area contributed by atoms with Gasteiger partial charge in [-0.2, -0.15) is 0 Å². The topological polar surface area (TPSA) is 24.9 Å². The highest BCUT2D eigenvalue weighted by Crippen LogP contribution is 2.29. The summed E-state index contributed by atoms with van der Waals surface area (Å²) in [5, 5.41) is 4.48. The van der Waals surface area contributed by atoms with E-state index in [4.69, 9.17) is 0 Å². The van der Waals surface area contributed by atoms with E-state index in [1.807, 2.05) is 24.4 Å². The van der Waals surface area contributed by atoms with Crippen LogP contribution in [0.25, 0.3) is 0 Å². The summed E-state index contributed by atoms with van der Waals surface area (Å²) >= 11 is 1.72. The Bertz CT molecular complexity index is 524. The summed E-state index contributed by atoms with van der Waals surface area (Å²) in [6.07, 6.45) is 1.83. The molecule has 1 aromatic heterocycles. The van der Waals surface area contributed by atoms with Crippen LogP contribution in [0.1, 0.15) is 25.0 Å². The van der Waals surface area contributed by atoms with Crippen molar-refractivity contribution in [1.29, 1.82) is 0 Å². The molecule has 3 heteroatoms. The molecule has 0 saturated carbocycles. The normalized spacial score (nSPS) is 10.9. The SMILES string of the molecule is Cc1cc(CNC(C)C)ccc1Sc1ccccn1. The molecule has 1 aromatic carbocycles. The molecule has 1 N–H and O–H groups in total. The van der Waals surface area contributed by atoms with Gasteiger partial charge in [-0.1, -0.05) is 43.8 Å². The summed E-state index contributed by atoms with van der Waals surface area (Å²) in [5.74, 6) is 0. The number of pyridine rings is 1. The Labute approximate surface area is 119 Å². The van der Waals surface area contributed by atoms with Crippen LogP contribution in [0.3, 0.4) is 0 Å². The average molecular weight is 272 g/mol. The number of benzene rings is 1. The fraction of sp³-hybridized carbons (Fsp3) is 0.312. The molecule has 100 valence electrons. The van der Waals surface area contributed by atoms with Crippen molar-refractivity contribution >= 4 is 11.8 Å². The van der Waals surface area contributed by atoms with E-state index in [9.17, 15) is 0 Å². The van der Waals surface area contributed by atoms with Crippen LogP contribution in [0.4, 0.5) is 0 Å². The zero-order chi connectivity index (χ0) is 13.7. The third-order valence-corrected chi connectivity index (χ3v) is 3.93. The van der Waals surface area contributed by atoms with Crippen molar-refractivity contribution in [3.8, 4) is 0 Å². The second kappa shape index (κ2) is 6.73. The molecular weight excluding hydrogens is 252 g/mol. The van der Waals surface area contributed by atoms with Crippen molar-refractivity contribution in [1.82, 2.24) is 10.3 Å². The first-order valence-corrected chi connectivity index (χ1v) is 7.38. The van der Waals surface area contributed by atoms with Gasteiger partial charge in [0.25, 0.3) is 0 Å². The van der Waals surface area contributed by atoms with Gasteiger partial charge in [-0.15, -0.1) is 0 Å². The lowest BCUT2D eigenvalue weighted by Crippen LogP contribution is -2.21. The lowest BCUT2D eigenvalue weighted by Gasteiger charge is -2.10. The Hall–Kier alpha value is -1.32. The van der Waals surface area contributed by atoms with E-state index in [0.717, 1.165) is 11.6 Å². The maximum Gasteiger partial charge on any atom is 0.101 e. The third kappa shape index (κ3) is 4.37.